The fourth-order valence-electron chi connectivity index (χ4n) is 4.84. The van der Waals surface area contributed by atoms with E-state index in [1.54, 1.807) is 26.4 Å². The van der Waals surface area contributed by atoms with Crippen molar-refractivity contribution in [3.05, 3.63) is 101 Å². The van der Waals surface area contributed by atoms with Crippen LogP contribution in [-0.2, 0) is 0 Å². The summed E-state index contributed by atoms with van der Waals surface area (Å²) in [6.07, 6.45) is 1.04. The van der Waals surface area contributed by atoms with Gasteiger partial charge >= 0.3 is 0 Å². The summed E-state index contributed by atoms with van der Waals surface area (Å²) >= 11 is 0. The van der Waals surface area contributed by atoms with E-state index in [4.69, 9.17) is 14.2 Å². The van der Waals surface area contributed by atoms with Gasteiger partial charge in [-0.1, -0.05) is 29.8 Å². The summed E-state index contributed by atoms with van der Waals surface area (Å²) in [5.41, 5.74) is 5.66. The second kappa shape index (κ2) is 8.16. The molecule has 6 rings (SSSR count). The molecule has 0 spiro atoms. The van der Waals surface area contributed by atoms with Crippen molar-refractivity contribution in [2.75, 3.05) is 19.5 Å². The van der Waals surface area contributed by atoms with Crippen molar-refractivity contribution in [1.29, 1.82) is 0 Å². The molecular formula is C27H23FN4O3. The van der Waals surface area contributed by atoms with Crippen LogP contribution < -0.4 is 19.5 Å². The Hall–Kier alpha value is -4.33. The first-order valence-corrected chi connectivity index (χ1v) is 11.2. The lowest BCUT2D eigenvalue weighted by atomic mass is 9.84. The molecule has 0 saturated heterocycles. The van der Waals surface area contributed by atoms with Gasteiger partial charge in [-0.05, 0) is 54.4 Å². The van der Waals surface area contributed by atoms with Crippen LogP contribution in [-0.4, -0.2) is 29.0 Å². The normalized spacial score (nSPS) is 18.1. The fraction of sp³-hybridized carbons (Fsp3) is 0.185. The number of aromatic nitrogens is 3. The van der Waals surface area contributed by atoms with Gasteiger partial charge < -0.3 is 19.5 Å². The molecule has 1 N–H and O–H groups in total. The highest BCUT2D eigenvalue weighted by Crippen LogP contribution is 2.51. The predicted molar refractivity (Wildman–Crippen MR) is 129 cm³/mol. The van der Waals surface area contributed by atoms with Crippen LogP contribution >= 0.6 is 0 Å². The van der Waals surface area contributed by atoms with Crippen molar-refractivity contribution >= 4 is 11.6 Å². The van der Waals surface area contributed by atoms with Gasteiger partial charge in [-0.2, -0.15) is 10.1 Å². The lowest BCUT2D eigenvalue weighted by molar-refractivity contribution is 0.223. The molecule has 0 fully saturated rings. The largest absolute Gasteiger partial charge is 0.493 e. The first-order valence-electron chi connectivity index (χ1n) is 11.2. The molecule has 0 amide bonds. The lowest BCUT2D eigenvalue weighted by Crippen LogP contribution is -2.32. The number of fused-ring (bicyclic) bond motifs is 3. The molecule has 2 aliphatic heterocycles. The average Bonchev–Trinajstić information content (AvgIpc) is 3.35. The van der Waals surface area contributed by atoms with E-state index in [9.17, 15) is 4.39 Å². The molecule has 2 atom stereocenters. The smallest absolute Gasteiger partial charge is 0.226 e. The fourth-order valence-corrected chi connectivity index (χ4v) is 4.84. The molecule has 3 aromatic carbocycles. The topological polar surface area (TPSA) is 70.4 Å². The molecule has 0 radical (unpaired) electrons. The monoisotopic (exact) mass is 470 g/mol. The van der Waals surface area contributed by atoms with Gasteiger partial charge in [0.1, 0.15) is 30.0 Å². The summed E-state index contributed by atoms with van der Waals surface area (Å²) in [5.74, 6) is 2.31. The standard InChI is InChI=1S/C27H23FN4O3/c1-15-4-10-20-19(12-15)24-23(26(35-20)16-5-8-18(28)9-6-16)25(32-27(31-24)29-14-30-32)17-7-11-21(33-2)22(13-17)34-3/h4-14,25-26H,1-3H3,(H,29,30,31)/t25-,26-/m0/s1. The zero-order valence-corrected chi connectivity index (χ0v) is 19.4. The summed E-state index contributed by atoms with van der Waals surface area (Å²) in [6.45, 7) is 2.05. The van der Waals surface area contributed by atoms with Gasteiger partial charge in [-0.15, -0.1) is 0 Å². The maximum Gasteiger partial charge on any atom is 0.226 e. The Kier molecular flexibility index (Phi) is 4.95. The zero-order valence-electron chi connectivity index (χ0n) is 19.4. The Balaban J connectivity index is 1.62. The van der Waals surface area contributed by atoms with E-state index < -0.39 is 6.10 Å². The van der Waals surface area contributed by atoms with Gasteiger partial charge in [0.15, 0.2) is 11.5 Å². The summed E-state index contributed by atoms with van der Waals surface area (Å²) in [5, 5.41) is 8.02. The number of hydrogen-bond acceptors (Lipinski definition) is 6. The number of nitrogens with one attached hydrogen (secondary N) is 1. The SMILES string of the molecule is COc1ccc([C@H]2C3=C(Nc4ncnn42)c2cc(C)ccc2O[C@H]3c2ccc(F)cc2)cc1OC. The molecule has 0 aliphatic carbocycles. The van der Waals surface area contributed by atoms with E-state index in [1.165, 1.54) is 18.5 Å². The highest BCUT2D eigenvalue weighted by molar-refractivity contribution is 5.85. The van der Waals surface area contributed by atoms with Crippen LogP contribution in [0.2, 0.25) is 0 Å². The number of benzene rings is 3. The van der Waals surface area contributed by atoms with Gasteiger partial charge in [0.2, 0.25) is 5.95 Å². The molecule has 176 valence electrons. The average molecular weight is 471 g/mol. The number of rotatable bonds is 4. The van der Waals surface area contributed by atoms with Crippen molar-refractivity contribution in [1.82, 2.24) is 14.8 Å². The molecule has 2 aliphatic rings. The predicted octanol–water partition coefficient (Wildman–Crippen LogP) is 5.30. The second-order valence-electron chi connectivity index (χ2n) is 8.55. The van der Waals surface area contributed by atoms with Gasteiger partial charge in [-0.3, -0.25) is 0 Å². The second-order valence-corrected chi connectivity index (χ2v) is 8.55. The van der Waals surface area contributed by atoms with E-state index in [1.807, 2.05) is 41.9 Å². The van der Waals surface area contributed by atoms with E-state index in [2.05, 4.69) is 21.5 Å². The molecule has 35 heavy (non-hydrogen) atoms. The molecule has 3 heterocycles. The van der Waals surface area contributed by atoms with Crippen LogP contribution in [0.15, 0.2) is 72.6 Å². The molecule has 0 saturated carbocycles. The Morgan fingerprint density at radius 1 is 0.943 bits per heavy atom. The Bertz CT molecular complexity index is 1460. The molecule has 7 nitrogen and oxygen atoms in total. The van der Waals surface area contributed by atoms with Crippen LogP contribution in [0.5, 0.6) is 17.2 Å². The highest BCUT2D eigenvalue weighted by atomic mass is 19.1. The summed E-state index contributed by atoms with van der Waals surface area (Å²) in [7, 11) is 3.22. The van der Waals surface area contributed by atoms with Crippen molar-refractivity contribution in [2.24, 2.45) is 0 Å². The Labute approximate surface area is 201 Å². The van der Waals surface area contributed by atoms with Crippen LogP contribution in [0.4, 0.5) is 10.3 Å². The van der Waals surface area contributed by atoms with E-state index >= 15 is 0 Å². The number of anilines is 1. The van der Waals surface area contributed by atoms with Crippen molar-refractivity contribution in [3.63, 3.8) is 0 Å². The minimum Gasteiger partial charge on any atom is -0.493 e. The maximum atomic E-state index is 13.8. The van der Waals surface area contributed by atoms with Gasteiger partial charge in [0.25, 0.3) is 0 Å². The Morgan fingerprint density at radius 2 is 1.71 bits per heavy atom. The molecule has 1 aromatic heterocycles. The summed E-state index contributed by atoms with van der Waals surface area (Å²) in [4.78, 5) is 4.46. The molecule has 8 heteroatoms. The molecule has 0 unspecified atom stereocenters. The molecule has 0 bridgehead atoms. The number of ether oxygens (including phenoxy) is 3. The first kappa shape index (κ1) is 21.2. The zero-order chi connectivity index (χ0) is 24.1. The third kappa shape index (κ3) is 3.41. The van der Waals surface area contributed by atoms with Crippen molar-refractivity contribution in [3.8, 4) is 17.2 Å². The lowest BCUT2D eigenvalue weighted by Gasteiger charge is -2.39. The van der Waals surface area contributed by atoms with Crippen molar-refractivity contribution in [2.45, 2.75) is 19.1 Å². The van der Waals surface area contributed by atoms with Gasteiger partial charge in [-0.25, -0.2) is 9.07 Å². The highest BCUT2D eigenvalue weighted by Gasteiger charge is 2.41. The summed E-state index contributed by atoms with van der Waals surface area (Å²) in [6, 6.07) is 17.9. The minimum atomic E-state index is -0.483. The third-order valence-corrected chi connectivity index (χ3v) is 6.47. The minimum absolute atomic E-state index is 0.299. The van der Waals surface area contributed by atoms with Gasteiger partial charge in [0, 0.05) is 11.1 Å². The third-order valence-electron chi connectivity index (χ3n) is 6.47. The van der Waals surface area contributed by atoms with Crippen LogP contribution in [0.1, 0.15) is 34.4 Å². The quantitative estimate of drug-likeness (QED) is 0.436. The van der Waals surface area contributed by atoms with E-state index in [0.717, 1.165) is 39.3 Å². The maximum absolute atomic E-state index is 13.8. The van der Waals surface area contributed by atoms with Crippen LogP contribution in [0.25, 0.3) is 5.70 Å². The number of nitrogens with zero attached hydrogens (tertiary/aromatic N) is 3. The Morgan fingerprint density at radius 3 is 2.49 bits per heavy atom. The number of halogens is 1. The van der Waals surface area contributed by atoms with E-state index in [-0.39, 0.29) is 11.9 Å². The molecule has 4 aromatic rings. The van der Waals surface area contributed by atoms with Crippen molar-refractivity contribution < 1.29 is 18.6 Å². The molecular weight excluding hydrogens is 447 g/mol. The summed E-state index contributed by atoms with van der Waals surface area (Å²) < 4.78 is 33.3. The number of aryl methyl sites for hydroxylation is 1. The van der Waals surface area contributed by atoms with Gasteiger partial charge in [0.05, 0.1) is 19.9 Å². The number of methoxy groups -OCH3 is 2. The number of hydrogen-bond donors (Lipinski definition) is 1. The van der Waals surface area contributed by atoms with Crippen LogP contribution in [0, 0.1) is 12.7 Å². The first-order chi connectivity index (χ1) is 17.1. The van der Waals surface area contributed by atoms with Crippen LogP contribution in [0.3, 0.4) is 0 Å². The van der Waals surface area contributed by atoms with E-state index in [0.29, 0.717) is 17.4 Å².